The van der Waals surface area contributed by atoms with E-state index in [2.05, 4.69) is 20.4 Å². The van der Waals surface area contributed by atoms with Gasteiger partial charge in [0.2, 0.25) is 0 Å². The Balaban J connectivity index is 2.13. The maximum atomic E-state index is 11.9. The fourth-order valence-corrected chi connectivity index (χ4v) is 1.89. The minimum atomic E-state index is -4.26. The van der Waals surface area contributed by atoms with Crippen molar-refractivity contribution in [2.45, 2.75) is 38.5 Å². The summed E-state index contributed by atoms with van der Waals surface area (Å²) in [6.45, 7) is 3.45. The van der Waals surface area contributed by atoms with E-state index in [9.17, 15) is 13.2 Å². The number of halogens is 3. The molecule has 0 bridgehead atoms. The third kappa shape index (κ3) is 9.52. The molecule has 2 N–H and O–H groups in total. The van der Waals surface area contributed by atoms with E-state index in [-0.39, 0.29) is 12.7 Å². The molecule has 5 nitrogen and oxygen atoms in total. The largest absolute Gasteiger partial charge is 0.411 e. The number of aliphatic imine (C=N–C) groups is 1. The summed E-state index contributed by atoms with van der Waals surface area (Å²) < 4.78 is 45.6. The van der Waals surface area contributed by atoms with Gasteiger partial charge in [-0.1, -0.05) is 0 Å². The molecule has 0 aromatic carbocycles. The van der Waals surface area contributed by atoms with Gasteiger partial charge < -0.3 is 20.1 Å². The van der Waals surface area contributed by atoms with Gasteiger partial charge >= 0.3 is 6.18 Å². The highest BCUT2D eigenvalue weighted by Crippen LogP contribution is 2.14. The third-order valence-corrected chi connectivity index (χ3v) is 2.84. The van der Waals surface area contributed by atoms with Gasteiger partial charge in [0.05, 0.1) is 12.6 Å². The highest BCUT2D eigenvalue weighted by Gasteiger charge is 2.27. The molecule has 1 rings (SSSR count). The molecule has 8 heteroatoms. The Labute approximate surface area is 123 Å². The van der Waals surface area contributed by atoms with Crippen LogP contribution in [0.15, 0.2) is 4.99 Å². The molecule has 0 aliphatic carbocycles. The van der Waals surface area contributed by atoms with Crippen molar-refractivity contribution < 1.29 is 22.6 Å². The number of rotatable bonds is 8. The molecule has 1 aliphatic heterocycles. The summed E-state index contributed by atoms with van der Waals surface area (Å²) in [6, 6.07) is 0. The maximum absolute atomic E-state index is 11.9. The van der Waals surface area contributed by atoms with Crippen LogP contribution in [0.3, 0.4) is 0 Å². The standard InChI is InChI=1S/C13H24F3N3O2/c1-2-17-12(19-9-11-5-3-8-21-11)18-6-4-7-20-10-13(14,15)16/h11H,2-10H2,1H3,(H2,17,18,19). The Morgan fingerprint density at radius 1 is 1.38 bits per heavy atom. The SMILES string of the molecule is CCNC(=NCC1CCCO1)NCCCOCC(F)(F)F. The van der Waals surface area contributed by atoms with Gasteiger partial charge in [-0.15, -0.1) is 0 Å². The first-order valence-corrected chi connectivity index (χ1v) is 7.29. The first-order valence-electron chi connectivity index (χ1n) is 7.29. The molecule has 0 aromatic rings. The molecule has 1 heterocycles. The molecule has 124 valence electrons. The van der Waals surface area contributed by atoms with E-state index in [1.54, 1.807) is 0 Å². The number of alkyl halides is 3. The van der Waals surface area contributed by atoms with Crippen LogP contribution in [0.5, 0.6) is 0 Å². The zero-order valence-corrected chi connectivity index (χ0v) is 12.3. The van der Waals surface area contributed by atoms with Crippen molar-refractivity contribution in [2.75, 3.05) is 39.5 Å². The number of hydrogen-bond donors (Lipinski definition) is 2. The Morgan fingerprint density at radius 2 is 2.19 bits per heavy atom. The zero-order chi connectivity index (χ0) is 15.6. The van der Waals surface area contributed by atoms with Gasteiger partial charge in [0.15, 0.2) is 5.96 Å². The first kappa shape index (κ1) is 18.0. The van der Waals surface area contributed by atoms with Gasteiger partial charge in [0.1, 0.15) is 6.61 Å². The molecular formula is C13H24F3N3O2. The fourth-order valence-electron chi connectivity index (χ4n) is 1.89. The minimum absolute atomic E-state index is 0.0671. The Bertz CT molecular complexity index is 306. The molecule has 1 aliphatic rings. The quantitative estimate of drug-likeness (QED) is 0.407. The van der Waals surface area contributed by atoms with E-state index in [0.29, 0.717) is 25.5 Å². The lowest BCUT2D eigenvalue weighted by Crippen LogP contribution is -2.38. The normalized spacial score (nSPS) is 19.8. The summed E-state index contributed by atoms with van der Waals surface area (Å²) in [6.07, 6.45) is -1.50. The molecule has 0 saturated carbocycles. The molecule has 1 atom stereocenters. The van der Waals surface area contributed by atoms with Crippen LogP contribution in [0, 0.1) is 0 Å². The van der Waals surface area contributed by atoms with Crippen LogP contribution in [-0.2, 0) is 9.47 Å². The van der Waals surface area contributed by atoms with E-state index < -0.39 is 12.8 Å². The number of nitrogens with one attached hydrogen (secondary N) is 2. The van der Waals surface area contributed by atoms with Gasteiger partial charge in [-0.2, -0.15) is 13.2 Å². The van der Waals surface area contributed by atoms with E-state index in [1.807, 2.05) is 6.92 Å². The van der Waals surface area contributed by atoms with Gasteiger partial charge in [0, 0.05) is 26.3 Å². The van der Waals surface area contributed by atoms with Crippen LogP contribution in [0.25, 0.3) is 0 Å². The highest BCUT2D eigenvalue weighted by atomic mass is 19.4. The number of guanidine groups is 1. The van der Waals surface area contributed by atoms with E-state index >= 15 is 0 Å². The second-order valence-electron chi connectivity index (χ2n) is 4.80. The summed E-state index contributed by atoms with van der Waals surface area (Å²) >= 11 is 0. The van der Waals surface area contributed by atoms with Crippen LogP contribution in [0.1, 0.15) is 26.2 Å². The molecule has 1 unspecified atom stereocenters. The summed E-state index contributed by atoms with van der Waals surface area (Å²) in [4.78, 5) is 4.40. The molecule has 1 saturated heterocycles. The smallest absolute Gasteiger partial charge is 0.376 e. The van der Waals surface area contributed by atoms with E-state index in [4.69, 9.17) is 4.74 Å². The average Bonchev–Trinajstić information content (AvgIpc) is 2.91. The van der Waals surface area contributed by atoms with Gasteiger partial charge in [-0.3, -0.25) is 4.99 Å². The summed E-state index contributed by atoms with van der Waals surface area (Å²) in [7, 11) is 0. The number of nitrogens with zero attached hydrogens (tertiary/aromatic N) is 1. The van der Waals surface area contributed by atoms with Crippen molar-refractivity contribution in [3.8, 4) is 0 Å². The van der Waals surface area contributed by atoms with Crippen molar-refractivity contribution in [2.24, 2.45) is 4.99 Å². The van der Waals surface area contributed by atoms with Crippen molar-refractivity contribution in [3.63, 3.8) is 0 Å². The van der Waals surface area contributed by atoms with Crippen molar-refractivity contribution in [1.29, 1.82) is 0 Å². The molecular weight excluding hydrogens is 287 g/mol. The number of ether oxygens (including phenoxy) is 2. The predicted molar refractivity (Wildman–Crippen MR) is 74.4 cm³/mol. The fraction of sp³-hybridized carbons (Fsp3) is 0.923. The Hall–Kier alpha value is -1.02. The zero-order valence-electron chi connectivity index (χ0n) is 12.3. The maximum Gasteiger partial charge on any atom is 0.411 e. The van der Waals surface area contributed by atoms with Crippen molar-refractivity contribution in [3.05, 3.63) is 0 Å². The average molecular weight is 311 g/mol. The lowest BCUT2D eigenvalue weighted by atomic mass is 10.2. The van der Waals surface area contributed by atoms with Crippen LogP contribution in [-0.4, -0.2) is 57.7 Å². The predicted octanol–water partition coefficient (Wildman–Crippen LogP) is 1.69. The molecule has 0 amide bonds. The second kappa shape index (κ2) is 9.83. The third-order valence-electron chi connectivity index (χ3n) is 2.84. The molecule has 0 radical (unpaired) electrons. The van der Waals surface area contributed by atoms with Crippen molar-refractivity contribution in [1.82, 2.24) is 10.6 Å². The second-order valence-corrected chi connectivity index (χ2v) is 4.80. The summed E-state index contributed by atoms with van der Waals surface area (Å²) in [5.74, 6) is 0.656. The number of hydrogen-bond acceptors (Lipinski definition) is 3. The van der Waals surface area contributed by atoms with Gasteiger partial charge in [0.25, 0.3) is 0 Å². The minimum Gasteiger partial charge on any atom is -0.376 e. The van der Waals surface area contributed by atoms with Crippen LogP contribution >= 0.6 is 0 Å². The van der Waals surface area contributed by atoms with Gasteiger partial charge in [-0.25, -0.2) is 0 Å². The van der Waals surface area contributed by atoms with Crippen LogP contribution in [0.2, 0.25) is 0 Å². The van der Waals surface area contributed by atoms with E-state index in [1.165, 1.54) is 0 Å². The monoisotopic (exact) mass is 311 g/mol. The molecule has 0 aromatic heterocycles. The lowest BCUT2D eigenvalue weighted by molar-refractivity contribution is -0.173. The molecule has 21 heavy (non-hydrogen) atoms. The summed E-state index contributed by atoms with van der Waals surface area (Å²) in [5, 5.41) is 6.15. The van der Waals surface area contributed by atoms with Crippen LogP contribution in [0.4, 0.5) is 13.2 Å². The van der Waals surface area contributed by atoms with E-state index in [0.717, 1.165) is 26.0 Å². The first-order chi connectivity index (χ1) is 10.0. The highest BCUT2D eigenvalue weighted by molar-refractivity contribution is 5.79. The Morgan fingerprint density at radius 3 is 2.81 bits per heavy atom. The Kier molecular flexibility index (Phi) is 8.44. The van der Waals surface area contributed by atoms with Crippen molar-refractivity contribution >= 4 is 5.96 Å². The molecule has 0 spiro atoms. The molecule has 1 fully saturated rings. The lowest BCUT2D eigenvalue weighted by Gasteiger charge is -2.13. The van der Waals surface area contributed by atoms with Gasteiger partial charge in [-0.05, 0) is 26.2 Å². The van der Waals surface area contributed by atoms with Crippen LogP contribution < -0.4 is 10.6 Å². The summed E-state index contributed by atoms with van der Waals surface area (Å²) in [5.41, 5.74) is 0. The topological polar surface area (TPSA) is 54.9 Å².